The van der Waals surface area contributed by atoms with Crippen LogP contribution in [0.5, 0.6) is 11.5 Å². The van der Waals surface area contributed by atoms with Gasteiger partial charge in [-0.15, -0.1) is 10.2 Å². The van der Waals surface area contributed by atoms with E-state index >= 15 is 0 Å². The normalized spacial score (nSPS) is 10.5. The molecule has 1 heterocycles. The van der Waals surface area contributed by atoms with Gasteiger partial charge in [0.05, 0.1) is 13.2 Å². The van der Waals surface area contributed by atoms with E-state index in [1.807, 2.05) is 49.4 Å². The monoisotopic (exact) mass is 358 g/mol. The van der Waals surface area contributed by atoms with Gasteiger partial charge in [0.25, 0.3) is 0 Å². The Morgan fingerprint density at radius 1 is 0.960 bits per heavy atom. The largest absolute Gasteiger partial charge is 0.490 e. The van der Waals surface area contributed by atoms with E-state index in [-0.39, 0.29) is 0 Å². The maximum Gasteiger partial charge on any atom is 0.161 e. The van der Waals surface area contributed by atoms with Gasteiger partial charge in [0, 0.05) is 5.02 Å². The molecule has 0 bridgehead atoms. The van der Waals surface area contributed by atoms with Gasteiger partial charge in [0.2, 0.25) is 0 Å². The van der Waals surface area contributed by atoms with Crippen molar-refractivity contribution in [1.82, 2.24) is 14.9 Å². The maximum atomic E-state index is 5.91. The van der Waals surface area contributed by atoms with Crippen molar-refractivity contribution in [3.05, 3.63) is 71.3 Å². The highest BCUT2D eigenvalue weighted by atomic mass is 35.5. The van der Waals surface area contributed by atoms with Gasteiger partial charge in [-0.05, 0) is 42.3 Å². The molecule has 0 aliphatic rings. The fraction of sp³-hybridized carbons (Fsp3) is 0.222. The highest BCUT2D eigenvalue weighted by Crippen LogP contribution is 2.29. The number of nitrogens with zero attached hydrogens (tertiary/aromatic N) is 3. The first kappa shape index (κ1) is 17.1. The molecule has 0 radical (unpaired) electrons. The van der Waals surface area contributed by atoms with E-state index in [4.69, 9.17) is 21.1 Å². The second-order valence-electron chi connectivity index (χ2n) is 5.33. The number of hydrogen-bond donors (Lipinski definition) is 1. The van der Waals surface area contributed by atoms with Crippen molar-refractivity contribution in [2.75, 3.05) is 12.0 Å². The minimum Gasteiger partial charge on any atom is -0.490 e. The van der Waals surface area contributed by atoms with Crippen LogP contribution in [0.4, 0.5) is 0 Å². The molecule has 0 aliphatic heterocycles. The van der Waals surface area contributed by atoms with Crippen LogP contribution in [0.25, 0.3) is 0 Å². The molecule has 1 aromatic heterocycles. The molecule has 0 fully saturated rings. The fourth-order valence-corrected chi connectivity index (χ4v) is 2.38. The Labute approximate surface area is 151 Å². The lowest BCUT2D eigenvalue weighted by atomic mass is 10.2. The van der Waals surface area contributed by atoms with Crippen molar-refractivity contribution < 1.29 is 9.47 Å². The van der Waals surface area contributed by atoms with Gasteiger partial charge in [-0.25, -0.2) is 4.68 Å². The third-order valence-electron chi connectivity index (χ3n) is 3.50. The molecule has 6 nitrogen and oxygen atoms in total. The smallest absolute Gasteiger partial charge is 0.161 e. The lowest BCUT2D eigenvalue weighted by Gasteiger charge is -2.14. The van der Waals surface area contributed by atoms with Crippen molar-refractivity contribution in [3.8, 4) is 11.5 Å². The molecule has 0 aliphatic carbocycles. The van der Waals surface area contributed by atoms with Crippen molar-refractivity contribution in [3.63, 3.8) is 0 Å². The van der Waals surface area contributed by atoms with Crippen molar-refractivity contribution in [2.45, 2.75) is 20.1 Å². The topological polar surface area (TPSA) is 61.2 Å². The van der Waals surface area contributed by atoms with Crippen LogP contribution in [-0.4, -0.2) is 21.5 Å². The van der Waals surface area contributed by atoms with E-state index < -0.39 is 0 Å². The molecule has 3 rings (SSSR count). The summed E-state index contributed by atoms with van der Waals surface area (Å²) >= 11 is 5.90. The van der Waals surface area contributed by atoms with E-state index in [9.17, 15) is 0 Å². The predicted octanol–water partition coefficient (Wildman–Crippen LogP) is 3.65. The number of nitrogens with one attached hydrogen (secondary N) is 1. The number of aromatic nitrogens is 3. The predicted molar refractivity (Wildman–Crippen MR) is 96.5 cm³/mol. The highest BCUT2D eigenvalue weighted by molar-refractivity contribution is 6.30. The summed E-state index contributed by atoms with van der Waals surface area (Å²) in [4.78, 5) is 0. The zero-order valence-corrected chi connectivity index (χ0v) is 14.6. The third-order valence-corrected chi connectivity index (χ3v) is 3.75. The molecule has 3 aromatic rings. The SMILES string of the molecule is CCOc1cc(CNn2cnnc2)ccc1OCc1ccc(Cl)cc1. The maximum absolute atomic E-state index is 5.91. The summed E-state index contributed by atoms with van der Waals surface area (Å²) in [7, 11) is 0. The molecule has 0 amide bonds. The van der Waals surface area contributed by atoms with Gasteiger partial charge in [-0.1, -0.05) is 29.8 Å². The molecule has 7 heteroatoms. The van der Waals surface area contributed by atoms with Crippen LogP contribution < -0.4 is 14.9 Å². The van der Waals surface area contributed by atoms with Crippen molar-refractivity contribution >= 4 is 11.6 Å². The molecule has 0 spiro atoms. The Morgan fingerprint density at radius 3 is 2.40 bits per heavy atom. The van der Waals surface area contributed by atoms with Crippen LogP contribution in [0.2, 0.25) is 5.02 Å². The molecular formula is C18H19ClN4O2. The van der Waals surface area contributed by atoms with Crippen LogP contribution in [0, 0.1) is 0 Å². The second-order valence-corrected chi connectivity index (χ2v) is 5.77. The van der Waals surface area contributed by atoms with Gasteiger partial charge >= 0.3 is 0 Å². The van der Waals surface area contributed by atoms with Crippen LogP contribution in [0.15, 0.2) is 55.1 Å². The molecule has 130 valence electrons. The van der Waals surface area contributed by atoms with Crippen LogP contribution >= 0.6 is 11.6 Å². The summed E-state index contributed by atoms with van der Waals surface area (Å²) in [5.41, 5.74) is 5.29. The number of hydrogen-bond acceptors (Lipinski definition) is 5. The lowest BCUT2D eigenvalue weighted by Crippen LogP contribution is -2.12. The fourth-order valence-electron chi connectivity index (χ4n) is 2.26. The summed E-state index contributed by atoms with van der Waals surface area (Å²) in [6.45, 7) is 3.59. The van der Waals surface area contributed by atoms with Gasteiger partial charge in [0.1, 0.15) is 19.3 Å². The molecular weight excluding hydrogens is 340 g/mol. The van der Waals surface area contributed by atoms with Gasteiger partial charge in [-0.2, -0.15) is 0 Å². The minimum absolute atomic E-state index is 0.454. The molecule has 0 unspecified atom stereocenters. The summed E-state index contributed by atoms with van der Waals surface area (Å²) in [6.07, 6.45) is 3.21. The summed E-state index contributed by atoms with van der Waals surface area (Å²) in [5, 5.41) is 8.21. The van der Waals surface area contributed by atoms with Crippen molar-refractivity contribution in [1.29, 1.82) is 0 Å². The quantitative estimate of drug-likeness (QED) is 0.666. The van der Waals surface area contributed by atoms with Crippen LogP contribution in [0.1, 0.15) is 18.1 Å². The van der Waals surface area contributed by atoms with Gasteiger partial charge in [0.15, 0.2) is 11.5 Å². The molecule has 2 aromatic carbocycles. The Bertz CT molecular complexity index is 791. The highest BCUT2D eigenvalue weighted by Gasteiger charge is 2.07. The average Bonchev–Trinajstić information content (AvgIpc) is 3.14. The first-order valence-corrected chi connectivity index (χ1v) is 8.34. The van der Waals surface area contributed by atoms with E-state index in [1.54, 1.807) is 17.3 Å². The lowest BCUT2D eigenvalue weighted by molar-refractivity contribution is 0.269. The Kier molecular flexibility index (Phi) is 5.74. The van der Waals surface area contributed by atoms with Gasteiger partial charge in [-0.3, -0.25) is 0 Å². The number of ether oxygens (including phenoxy) is 2. The van der Waals surface area contributed by atoms with Crippen LogP contribution in [0.3, 0.4) is 0 Å². The molecule has 0 saturated heterocycles. The Balaban J connectivity index is 1.66. The summed E-state index contributed by atoms with van der Waals surface area (Å²) in [6, 6.07) is 13.5. The Morgan fingerprint density at radius 2 is 1.68 bits per heavy atom. The van der Waals surface area contributed by atoms with Crippen molar-refractivity contribution in [2.24, 2.45) is 0 Å². The summed E-state index contributed by atoms with van der Waals surface area (Å²) < 4.78 is 13.3. The molecule has 25 heavy (non-hydrogen) atoms. The number of halogens is 1. The zero-order chi connectivity index (χ0) is 17.5. The summed E-state index contributed by atoms with van der Waals surface area (Å²) in [5.74, 6) is 1.43. The number of rotatable bonds is 8. The standard InChI is InChI=1S/C18H19ClN4O2/c1-2-24-18-9-15(10-22-23-12-20-21-13-23)5-8-17(18)25-11-14-3-6-16(19)7-4-14/h3-9,12-13,22H,2,10-11H2,1H3. The van der Waals surface area contributed by atoms with Crippen LogP contribution in [-0.2, 0) is 13.2 Å². The zero-order valence-electron chi connectivity index (χ0n) is 13.9. The van der Waals surface area contributed by atoms with E-state index in [0.717, 1.165) is 16.9 Å². The molecule has 1 N–H and O–H groups in total. The third kappa shape index (κ3) is 4.87. The molecule has 0 saturated carbocycles. The Hall–Kier alpha value is -2.73. The van der Waals surface area contributed by atoms with E-state index in [0.29, 0.717) is 30.5 Å². The van der Waals surface area contributed by atoms with E-state index in [1.165, 1.54) is 0 Å². The van der Waals surface area contributed by atoms with Gasteiger partial charge < -0.3 is 14.9 Å². The molecule has 0 atom stereocenters. The second kappa shape index (κ2) is 8.39. The number of benzene rings is 2. The first-order chi connectivity index (χ1) is 12.2. The first-order valence-electron chi connectivity index (χ1n) is 7.96. The average molecular weight is 359 g/mol. The minimum atomic E-state index is 0.454. The van der Waals surface area contributed by atoms with E-state index in [2.05, 4.69) is 15.6 Å².